The molecule has 0 bridgehead atoms. The Morgan fingerprint density at radius 1 is 1.12 bits per heavy atom. The molecule has 0 amide bonds. The van der Waals surface area contributed by atoms with Crippen molar-refractivity contribution < 1.29 is 4.92 Å². The van der Waals surface area contributed by atoms with Gasteiger partial charge in [-0.1, -0.05) is 24.3 Å². The number of hydrogen-bond acceptors (Lipinski definition) is 7. The van der Waals surface area contributed by atoms with Crippen LogP contribution in [0, 0.1) is 17.0 Å². The molecule has 0 aliphatic carbocycles. The highest BCUT2D eigenvalue weighted by atomic mass is 32.1. The number of thiophene rings is 2. The van der Waals surface area contributed by atoms with Gasteiger partial charge in [0.1, 0.15) is 0 Å². The van der Waals surface area contributed by atoms with E-state index in [-0.39, 0.29) is 12.0 Å². The Morgan fingerprint density at radius 3 is 2.46 bits per heavy atom. The first-order valence-corrected chi connectivity index (χ1v) is 9.81. The van der Waals surface area contributed by atoms with Crippen LogP contribution < -0.4 is 10.3 Å². The van der Waals surface area contributed by atoms with Crippen LogP contribution in [-0.4, -0.2) is 10.8 Å². The van der Waals surface area contributed by atoms with Gasteiger partial charge in [0.05, 0.1) is 10.8 Å². The van der Waals surface area contributed by atoms with Gasteiger partial charge in [-0.05, 0) is 52.4 Å². The molecule has 0 fully saturated rings. The molecule has 0 saturated carbocycles. The van der Waals surface area contributed by atoms with Gasteiger partial charge >= 0.3 is 5.84 Å². The lowest BCUT2D eigenvalue weighted by molar-refractivity contribution is -0.356. The number of nitrogens with one attached hydrogen (secondary N) is 1. The zero-order valence-corrected chi connectivity index (χ0v) is 15.5. The van der Waals surface area contributed by atoms with Crippen LogP contribution in [0.5, 0.6) is 0 Å². The molecule has 3 aromatic rings. The number of benzene rings is 1. The summed E-state index contributed by atoms with van der Waals surface area (Å²) < 4.78 is 0. The monoisotopic (exact) mass is 384 g/mol. The van der Waals surface area contributed by atoms with Crippen LogP contribution in [-0.2, 0) is 0 Å². The van der Waals surface area contributed by atoms with Crippen LogP contribution in [0.3, 0.4) is 0 Å². The third-order valence-electron chi connectivity index (χ3n) is 4.13. The predicted octanol–water partition coefficient (Wildman–Crippen LogP) is 4.56. The van der Waals surface area contributed by atoms with Crippen molar-refractivity contribution >= 4 is 34.2 Å². The van der Waals surface area contributed by atoms with Crippen molar-refractivity contribution in [2.75, 3.05) is 5.01 Å². The zero-order valence-electron chi connectivity index (χ0n) is 13.9. The number of hydrazone groups is 1. The second-order valence-electron chi connectivity index (χ2n) is 5.93. The highest BCUT2D eigenvalue weighted by Gasteiger charge is 2.42. The van der Waals surface area contributed by atoms with Crippen LogP contribution in [0.15, 0.2) is 64.4 Å². The quantitative estimate of drug-likeness (QED) is 0.531. The average molecular weight is 384 g/mol. The van der Waals surface area contributed by atoms with E-state index in [0.29, 0.717) is 0 Å². The van der Waals surface area contributed by atoms with E-state index in [4.69, 9.17) is 0 Å². The lowest BCUT2D eigenvalue weighted by Crippen LogP contribution is -2.47. The van der Waals surface area contributed by atoms with E-state index in [2.05, 4.69) is 10.4 Å². The smallest absolute Gasteiger partial charge is 0.358 e. The molecule has 2 atom stereocenters. The first-order chi connectivity index (χ1) is 12.6. The predicted molar refractivity (Wildman–Crippen MR) is 105 cm³/mol. The molecule has 1 aliphatic heterocycles. The van der Waals surface area contributed by atoms with Gasteiger partial charge in [-0.15, -0.1) is 22.7 Å². The van der Waals surface area contributed by atoms with Crippen molar-refractivity contribution in [3.05, 3.63) is 84.7 Å². The van der Waals surface area contributed by atoms with Gasteiger partial charge in [0.25, 0.3) is 0 Å². The molecule has 3 heterocycles. The minimum Gasteiger partial charge on any atom is -0.358 e. The second kappa shape index (κ2) is 6.99. The van der Waals surface area contributed by atoms with E-state index in [1.807, 2.05) is 66.2 Å². The standard InChI is InChI=1S/C18H16N4O2S2/c1-12-5-2-6-13(11-12)21-17(15-8-4-10-26-15)19-16(14-7-3-9-25-14)18(20-21)22(23)24/h2-11,16-17,19H,1H3. The van der Waals surface area contributed by atoms with Gasteiger partial charge in [0.15, 0.2) is 12.2 Å². The first-order valence-electron chi connectivity index (χ1n) is 8.05. The van der Waals surface area contributed by atoms with Gasteiger partial charge in [0.2, 0.25) is 0 Å². The number of amidine groups is 1. The molecular weight excluding hydrogens is 368 g/mol. The molecule has 132 valence electrons. The Kier molecular flexibility index (Phi) is 4.54. The SMILES string of the molecule is Cc1cccc(N2N=C([N+](=O)[O-])C(c3cccs3)NC2c2cccs2)c1. The molecule has 1 N–H and O–H groups in total. The molecule has 2 unspecified atom stereocenters. The normalized spacial score (nSPS) is 20.0. The van der Waals surface area contributed by atoms with E-state index < -0.39 is 11.0 Å². The molecule has 1 aliphatic rings. The Morgan fingerprint density at radius 2 is 1.85 bits per heavy atom. The highest BCUT2D eigenvalue weighted by Crippen LogP contribution is 2.36. The lowest BCUT2D eigenvalue weighted by atomic mass is 10.1. The molecule has 4 rings (SSSR count). The maximum atomic E-state index is 11.7. The summed E-state index contributed by atoms with van der Waals surface area (Å²) in [7, 11) is 0. The number of hydrogen-bond donors (Lipinski definition) is 1. The lowest BCUT2D eigenvalue weighted by Gasteiger charge is -2.32. The van der Waals surface area contributed by atoms with Crippen LogP contribution in [0.4, 0.5) is 5.69 Å². The number of nitrogens with zero attached hydrogens (tertiary/aromatic N) is 3. The summed E-state index contributed by atoms with van der Waals surface area (Å²) in [6, 6.07) is 15.1. The fourth-order valence-electron chi connectivity index (χ4n) is 2.96. The van der Waals surface area contributed by atoms with Crippen molar-refractivity contribution in [3.63, 3.8) is 0 Å². The fourth-order valence-corrected chi connectivity index (χ4v) is 4.51. The molecule has 6 nitrogen and oxygen atoms in total. The number of aryl methyl sites for hydroxylation is 1. The molecule has 0 saturated heterocycles. The van der Waals surface area contributed by atoms with E-state index in [0.717, 1.165) is 21.0 Å². The van der Waals surface area contributed by atoms with Crippen LogP contribution >= 0.6 is 22.7 Å². The van der Waals surface area contributed by atoms with E-state index in [9.17, 15) is 10.1 Å². The van der Waals surface area contributed by atoms with Crippen molar-refractivity contribution in [2.45, 2.75) is 19.1 Å². The molecule has 1 aromatic carbocycles. The van der Waals surface area contributed by atoms with Gasteiger partial charge in [-0.2, -0.15) is 5.01 Å². The topological polar surface area (TPSA) is 70.8 Å². The minimum atomic E-state index is -0.543. The summed E-state index contributed by atoms with van der Waals surface area (Å²) in [4.78, 5) is 13.2. The number of rotatable bonds is 3. The van der Waals surface area contributed by atoms with Crippen molar-refractivity contribution in [2.24, 2.45) is 5.10 Å². The number of anilines is 1. The van der Waals surface area contributed by atoms with Crippen molar-refractivity contribution in [1.82, 2.24) is 5.32 Å². The minimum absolute atomic E-state index is 0.0956. The Balaban J connectivity index is 1.84. The van der Waals surface area contributed by atoms with Crippen LogP contribution in [0.25, 0.3) is 0 Å². The van der Waals surface area contributed by atoms with Gasteiger partial charge in [-0.25, -0.2) is 0 Å². The third kappa shape index (κ3) is 3.14. The summed E-state index contributed by atoms with van der Waals surface area (Å²) in [5, 5.41) is 25.2. The highest BCUT2D eigenvalue weighted by molar-refractivity contribution is 7.10. The zero-order chi connectivity index (χ0) is 18.1. The third-order valence-corrected chi connectivity index (χ3v) is 5.99. The maximum absolute atomic E-state index is 11.7. The van der Waals surface area contributed by atoms with E-state index in [1.54, 1.807) is 16.3 Å². The van der Waals surface area contributed by atoms with Crippen LogP contribution in [0.2, 0.25) is 0 Å². The van der Waals surface area contributed by atoms with E-state index in [1.165, 1.54) is 11.3 Å². The van der Waals surface area contributed by atoms with Gasteiger partial charge in [0, 0.05) is 9.75 Å². The van der Waals surface area contributed by atoms with Crippen molar-refractivity contribution in [3.8, 4) is 0 Å². The summed E-state index contributed by atoms with van der Waals surface area (Å²) in [5.74, 6) is -0.0956. The molecule has 0 radical (unpaired) electrons. The molecule has 26 heavy (non-hydrogen) atoms. The largest absolute Gasteiger partial charge is 0.386 e. The summed E-state index contributed by atoms with van der Waals surface area (Å²) in [6.45, 7) is 1.99. The maximum Gasteiger partial charge on any atom is 0.386 e. The average Bonchev–Trinajstić information content (AvgIpc) is 3.34. The van der Waals surface area contributed by atoms with Gasteiger partial charge < -0.3 is 10.1 Å². The fraction of sp³-hybridized carbons (Fsp3) is 0.167. The Bertz CT molecular complexity index is 938. The summed E-state index contributed by atoms with van der Waals surface area (Å²) >= 11 is 3.09. The first kappa shape index (κ1) is 16.9. The molecule has 2 aromatic heterocycles. The Labute approximate surface area is 158 Å². The number of nitro groups is 1. The Hall–Kier alpha value is -2.55. The van der Waals surface area contributed by atoms with Crippen molar-refractivity contribution in [1.29, 1.82) is 0 Å². The summed E-state index contributed by atoms with van der Waals surface area (Å²) in [6.07, 6.45) is -0.271. The summed E-state index contributed by atoms with van der Waals surface area (Å²) in [5.41, 5.74) is 1.89. The molecule has 8 heteroatoms. The molecule has 0 spiro atoms. The second-order valence-corrected chi connectivity index (χ2v) is 7.89. The van der Waals surface area contributed by atoms with Gasteiger partial charge in [-0.3, -0.25) is 5.32 Å². The van der Waals surface area contributed by atoms with E-state index >= 15 is 0 Å². The molecular formula is C18H16N4O2S2. The van der Waals surface area contributed by atoms with Crippen LogP contribution in [0.1, 0.15) is 27.5 Å².